The average Bonchev–Trinajstić information content (AvgIpc) is 2.81. The van der Waals surface area contributed by atoms with E-state index in [0.29, 0.717) is 0 Å². The molecule has 9 heteroatoms. The van der Waals surface area contributed by atoms with Gasteiger partial charge in [-0.1, -0.05) is 35.9 Å². The Balaban J connectivity index is 2.26. The molecular formula is C14H12ClF3N4O. The Kier molecular flexibility index (Phi) is 3.62. The van der Waals surface area contributed by atoms with Gasteiger partial charge >= 0.3 is 6.18 Å². The van der Waals surface area contributed by atoms with E-state index in [2.05, 4.69) is 10.3 Å². The molecule has 122 valence electrons. The fourth-order valence-electron chi connectivity index (χ4n) is 2.67. The van der Waals surface area contributed by atoms with E-state index in [4.69, 9.17) is 17.3 Å². The average molecular weight is 345 g/mol. The SMILES string of the molecule is NCc1ccccc1C1(C(F)(F)F)Nc2ncc(Cl)cc2N1O. The summed E-state index contributed by atoms with van der Waals surface area (Å²) in [6.07, 6.45) is -3.66. The van der Waals surface area contributed by atoms with Crippen molar-refractivity contribution in [2.24, 2.45) is 5.73 Å². The van der Waals surface area contributed by atoms with E-state index in [1.54, 1.807) is 6.07 Å². The highest BCUT2D eigenvalue weighted by atomic mass is 35.5. The molecular weight excluding hydrogens is 333 g/mol. The van der Waals surface area contributed by atoms with E-state index < -0.39 is 11.8 Å². The number of nitrogens with one attached hydrogen (secondary N) is 1. The first-order valence-corrected chi connectivity index (χ1v) is 6.97. The van der Waals surface area contributed by atoms with E-state index in [1.807, 2.05) is 0 Å². The number of anilines is 2. The summed E-state index contributed by atoms with van der Waals surface area (Å²) in [6, 6.07) is 6.96. The Morgan fingerprint density at radius 2 is 2.04 bits per heavy atom. The minimum absolute atomic E-state index is 0.106. The minimum atomic E-state index is -4.86. The van der Waals surface area contributed by atoms with Crippen LogP contribution in [0.5, 0.6) is 0 Å². The van der Waals surface area contributed by atoms with Gasteiger partial charge in [-0.3, -0.25) is 5.21 Å². The van der Waals surface area contributed by atoms with Crippen LogP contribution in [0.1, 0.15) is 11.1 Å². The molecule has 2 heterocycles. The van der Waals surface area contributed by atoms with Crippen molar-refractivity contribution in [1.82, 2.24) is 4.98 Å². The maximum absolute atomic E-state index is 14.0. The van der Waals surface area contributed by atoms with Crippen molar-refractivity contribution < 1.29 is 18.4 Å². The van der Waals surface area contributed by atoms with Crippen molar-refractivity contribution in [2.75, 3.05) is 10.4 Å². The first kappa shape index (κ1) is 15.9. The molecule has 0 saturated carbocycles. The number of nitrogens with two attached hydrogens (primary N) is 1. The monoisotopic (exact) mass is 344 g/mol. The van der Waals surface area contributed by atoms with E-state index in [0.717, 1.165) is 0 Å². The summed E-state index contributed by atoms with van der Waals surface area (Å²) in [7, 11) is 0. The van der Waals surface area contributed by atoms with Gasteiger partial charge in [-0.2, -0.15) is 13.2 Å². The van der Waals surface area contributed by atoms with Crippen LogP contribution in [0.3, 0.4) is 0 Å². The van der Waals surface area contributed by atoms with Crippen LogP contribution in [-0.2, 0) is 12.2 Å². The molecule has 1 unspecified atom stereocenters. The topological polar surface area (TPSA) is 74.4 Å². The fraction of sp³-hybridized carbons (Fsp3) is 0.214. The highest BCUT2D eigenvalue weighted by Gasteiger charge is 2.65. The maximum Gasteiger partial charge on any atom is 0.437 e. The van der Waals surface area contributed by atoms with Crippen molar-refractivity contribution in [3.05, 3.63) is 52.7 Å². The number of hydroxylamine groups is 1. The van der Waals surface area contributed by atoms with Crippen molar-refractivity contribution in [3.8, 4) is 0 Å². The molecule has 0 fully saturated rings. The summed E-state index contributed by atoms with van der Waals surface area (Å²) in [5.74, 6) is -0.124. The zero-order chi connectivity index (χ0) is 16.8. The number of alkyl halides is 3. The molecule has 0 radical (unpaired) electrons. The summed E-state index contributed by atoms with van der Waals surface area (Å²) < 4.78 is 41.9. The standard InChI is InChI=1S/C14H12ClF3N4O/c15-9-5-11-12(20-7-9)21-13(22(11)23,14(16,17)18)10-4-2-1-3-8(10)6-19/h1-5,7,23H,6,19H2,(H,20,21). The summed E-state index contributed by atoms with van der Waals surface area (Å²) >= 11 is 5.77. The minimum Gasteiger partial charge on any atom is -0.333 e. The lowest BCUT2D eigenvalue weighted by Crippen LogP contribution is -2.58. The largest absolute Gasteiger partial charge is 0.437 e. The first-order valence-electron chi connectivity index (χ1n) is 6.59. The number of rotatable bonds is 2. The van der Waals surface area contributed by atoms with Gasteiger partial charge in [0.05, 0.1) is 5.02 Å². The number of hydrogen-bond donors (Lipinski definition) is 3. The van der Waals surface area contributed by atoms with Gasteiger partial charge < -0.3 is 11.1 Å². The Labute approximate surface area is 134 Å². The lowest BCUT2D eigenvalue weighted by molar-refractivity contribution is -0.196. The van der Waals surface area contributed by atoms with Gasteiger partial charge in [0, 0.05) is 18.3 Å². The summed E-state index contributed by atoms with van der Waals surface area (Å²) in [5, 5.41) is 12.8. The smallest absolute Gasteiger partial charge is 0.333 e. The molecule has 1 atom stereocenters. The molecule has 0 bridgehead atoms. The van der Waals surface area contributed by atoms with Gasteiger partial charge in [-0.15, -0.1) is 0 Å². The second-order valence-electron chi connectivity index (χ2n) is 5.03. The molecule has 0 amide bonds. The Hall–Kier alpha value is -2.03. The lowest BCUT2D eigenvalue weighted by Gasteiger charge is -2.38. The number of nitrogens with zero attached hydrogens (tertiary/aromatic N) is 2. The Morgan fingerprint density at radius 3 is 2.70 bits per heavy atom. The Bertz CT molecular complexity index is 755. The van der Waals surface area contributed by atoms with E-state index >= 15 is 0 Å². The third-order valence-electron chi connectivity index (χ3n) is 3.72. The van der Waals surface area contributed by atoms with Crippen molar-refractivity contribution in [3.63, 3.8) is 0 Å². The molecule has 1 aliphatic heterocycles. The molecule has 2 aromatic rings. The molecule has 1 aliphatic rings. The van der Waals surface area contributed by atoms with Gasteiger partial charge in [0.15, 0.2) is 5.82 Å². The zero-order valence-corrected chi connectivity index (χ0v) is 12.4. The summed E-state index contributed by atoms with van der Waals surface area (Å²) in [5.41, 5.74) is 2.56. The number of hydrogen-bond acceptors (Lipinski definition) is 5. The number of halogens is 4. The third-order valence-corrected chi connectivity index (χ3v) is 3.92. The second kappa shape index (κ2) is 5.26. The van der Waals surface area contributed by atoms with Crippen molar-refractivity contribution in [2.45, 2.75) is 18.4 Å². The van der Waals surface area contributed by atoms with Crippen LogP contribution in [0.2, 0.25) is 5.02 Å². The fourth-order valence-corrected chi connectivity index (χ4v) is 2.82. The quantitative estimate of drug-likeness (QED) is 0.780. The molecule has 3 rings (SSSR count). The van der Waals surface area contributed by atoms with Crippen LogP contribution in [0.4, 0.5) is 24.7 Å². The number of benzene rings is 1. The highest BCUT2D eigenvalue weighted by Crippen LogP contribution is 2.52. The molecule has 23 heavy (non-hydrogen) atoms. The number of aromatic nitrogens is 1. The number of fused-ring (bicyclic) bond motifs is 1. The molecule has 1 aromatic heterocycles. The van der Waals surface area contributed by atoms with Crippen LogP contribution in [0.15, 0.2) is 36.5 Å². The predicted molar refractivity (Wildman–Crippen MR) is 79.2 cm³/mol. The van der Waals surface area contributed by atoms with Crippen LogP contribution >= 0.6 is 11.6 Å². The van der Waals surface area contributed by atoms with Crippen molar-refractivity contribution >= 4 is 23.1 Å². The third kappa shape index (κ3) is 2.21. The summed E-state index contributed by atoms with van der Waals surface area (Å²) in [6.45, 7) is -0.117. The molecule has 5 nitrogen and oxygen atoms in total. The molecule has 1 aromatic carbocycles. The Morgan fingerprint density at radius 1 is 1.35 bits per heavy atom. The normalized spacial score (nSPS) is 20.3. The van der Waals surface area contributed by atoms with E-state index in [1.165, 1.54) is 30.5 Å². The van der Waals surface area contributed by atoms with Crippen molar-refractivity contribution in [1.29, 1.82) is 0 Å². The van der Waals surface area contributed by atoms with Gasteiger partial charge in [0.1, 0.15) is 5.69 Å². The second-order valence-corrected chi connectivity index (χ2v) is 5.46. The van der Waals surface area contributed by atoms with Gasteiger partial charge in [-0.05, 0) is 11.6 Å². The molecule has 4 N–H and O–H groups in total. The zero-order valence-electron chi connectivity index (χ0n) is 11.6. The highest BCUT2D eigenvalue weighted by molar-refractivity contribution is 6.30. The van der Waals surface area contributed by atoms with Crippen LogP contribution in [0, 0.1) is 0 Å². The van der Waals surface area contributed by atoms with Gasteiger partial charge in [0.2, 0.25) is 0 Å². The first-order chi connectivity index (χ1) is 10.8. The molecule has 0 saturated heterocycles. The molecule has 0 spiro atoms. The van der Waals surface area contributed by atoms with Crippen LogP contribution in [0.25, 0.3) is 0 Å². The van der Waals surface area contributed by atoms with Crippen LogP contribution < -0.4 is 16.1 Å². The van der Waals surface area contributed by atoms with E-state index in [-0.39, 0.29) is 39.3 Å². The van der Waals surface area contributed by atoms with Gasteiger partial charge in [0.25, 0.3) is 5.66 Å². The van der Waals surface area contributed by atoms with Gasteiger partial charge in [-0.25, -0.2) is 10.0 Å². The van der Waals surface area contributed by atoms with Crippen LogP contribution in [-0.4, -0.2) is 16.4 Å². The molecule has 0 aliphatic carbocycles. The maximum atomic E-state index is 14.0. The van der Waals surface area contributed by atoms with E-state index in [9.17, 15) is 18.4 Å². The predicted octanol–water partition coefficient (Wildman–Crippen LogP) is 3.23. The lowest BCUT2D eigenvalue weighted by atomic mass is 9.93. The summed E-state index contributed by atoms with van der Waals surface area (Å²) in [4.78, 5) is 3.82. The number of pyridine rings is 1.